The normalized spacial score (nSPS) is 13.2. The minimum atomic E-state index is -0.271. The number of halogens is 1. The predicted octanol–water partition coefficient (Wildman–Crippen LogP) is 5.28. The molecule has 0 unspecified atom stereocenters. The molecule has 0 radical (unpaired) electrons. The van der Waals surface area contributed by atoms with Crippen LogP contribution in [0.25, 0.3) is 0 Å². The van der Waals surface area contributed by atoms with E-state index < -0.39 is 0 Å². The van der Waals surface area contributed by atoms with Gasteiger partial charge >= 0.3 is 6.03 Å². The van der Waals surface area contributed by atoms with Gasteiger partial charge in [0, 0.05) is 11.3 Å². The molecule has 6 heteroatoms. The van der Waals surface area contributed by atoms with Gasteiger partial charge in [0.05, 0.1) is 26.3 Å². The molecule has 160 valence electrons. The maximum Gasteiger partial charge on any atom is 0.322 e. The van der Waals surface area contributed by atoms with Crippen LogP contribution in [-0.4, -0.2) is 24.1 Å². The molecule has 3 aromatic carbocycles. The van der Waals surface area contributed by atoms with Gasteiger partial charge in [0.25, 0.3) is 0 Å². The van der Waals surface area contributed by atoms with Gasteiger partial charge in [-0.1, -0.05) is 35.9 Å². The summed E-state index contributed by atoms with van der Waals surface area (Å²) >= 11 is 0. The molecule has 0 bridgehead atoms. The average Bonchev–Trinajstić information content (AvgIpc) is 2.98. The standard InChI is InChI=1S/C25H25FN2O3/c1-18-5-8-23(9-6-18)27-25(29)28-11-12-31-24-10-7-20(13-21(24)15-28)17-30-16-19-3-2-4-22(26)14-19/h2-10,13-14H,11-12,15-17H2,1H3,(H,27,29). The van der Waals surface area contributed by atoms with Gasteiger partial charge in [-0.2, -0.15) is 0 Å². The zero-order chi connectivity index (χ0) is 21.6. The summed E-state index contributed by atoms with van der Waals surface area (Å²) in [6.07, 6.45) is 0. The molecular weight excluding hydrogens is 395 g/mol. The minimum absolute atomic E-state index is 0.159. The van der Waals surface area contributed by atoms with Crippen LogP contribution in [0.2, 0.25) is 0 Å². The Morgan fingerprint density at radius 3 is 2.61 bits per heavy atom. The molecule has 0 spiro atoms. The van der Waals surface area contributed by atoms with Gasteiger partial charge in [-0.05, 0) is 54.4 Å². The minimum Gasteiger partial charge on any atom is -0.491 e. The Kier molecular flexibility index (Phi) is 6.48. The van der Waals surface area contributed by atoms with Crippen LogP contribution in [0, 0.1) is 12.7 Å². The summed E-state index contributed by atoms with van der Waals surface area (Å²) < 4.78 is 24.9. The van der Waals surface area contributed by atoms with Crippen LogP contribution < -0.4 is 10.1 Å². The molecule has 0 atom stereocenters. The second-order valence-electron chi connectivity index (χ2n) is 7.63. The van der Waals surface area contributed by atoms with E-state index >= 15 is 0 Å². The number of rotatable bonds is 5. The lowest BCUT2D eigenvalue weighted by molar-refractivity contribution is 0.107. The highest BCUT2D eigenvalue weighted by Gasteiger charge is 2.20. The van der Waals surface area contributed by atoms with E-state index in [0.717, 1.165) is 33.7 Å². The Labute approximate surface area is 181 Å². The van der Waals surface area contributed by atoms with Crippen LogP contribution in [0.15, 0.2) is 66.7 Å². The summed E-state index contributed by atoms with van der Waals surface area (Å²) in [5.41, 5.74) is 4.60. The third kappa shape index (κ3) is 5.61. The first-order valence-electron chi connectivity index (χ1n) is 10.3. The molecule has 5 nitrogen and oxygen atoms in total. The third-order valence-electron chi connectivity index (χ3n) is 5.12. The maximum absolute atomic E-state index is 13.3. The first kappa shape index (κ1) is 20.9. The number of hydrogen-bond donors (Lipinski definition) is 1. The van der Waals surface area contributed by atoms with Gasteiger partial charge in [-0.25, -0.2) is 9.18 Å². The molecule has 1 aliphatic rings. The number of fused-ring (bicyclic) bond motifs is 1. The van der Waals surface area contributed by atoms with Crippen LogP contribution in [0.4, 0.5) is 14.9 Å². The van der Waals surface area contributed by atoms with E-state index in [1.165, 1.54) is 12.1 Å². The summed E-state index contributed by atoms with van der Waals surface area (Å²) in [6, 6.07) is 19.8. The van der Waals surface area contributed by atoms with Gasteiger partial charge in [0.1, 0.15) is 18.2 Å². The summed E-state index contributed by atoms with van der Waals surface area (Å²) in [6.45, 7) is 4.11. The lowest BCUT2D eigenvalue weighted by Gasteiger charge is -2.20. The molecule has 1 N–H and O–H groups in total. The first-order chi connectivity index (χ1) is 15.1. The topological polar surface area (TPSA) is 50.8 Å². The summed E-state index contributed by atoms with van der Waals surface area (Å²) in [4.78, 5) is 14.5. The maximum atomic E-state index is 13.3. The molecule has 0 aliphatic carbocycles. The number of aryl methyl sites for hydroxylation is 1. The van der Waals surface area contributed by atoms with Gasteiger partial charge in [0.2, 0.25) is 0 Å². The second kappa shape index (κ2) is 9.62. The Hall–Kier alpha value is -3.38. The molecule has 2 amide bonds. The molecule has 0 saturated carbocycles. The van der Waals surface area contributed by atoms with Crippen LogP contribution >= 0.6 is 0 Å². The van der Waals surface area contributed by atoms with E-state index in [2.05, 4.69) is 5.32 Å². The molecule has 0 fully saturated rings. The van der Waals surface area contributed by atoms with Crippen molar-refractivity contribution in [1.82, 2.24) is 4.90 Å². The van der Waals surface area contributed by atoms with Crippen molar-refractivity contribution >= 4 is 11.7 Å². The number of carbonyl (C=O) groups is 1. The number of nitrogens with one attached hydrogen (secondary N) is 1. The Morgan fingerprint density at radius 1 is 1.06 bits per heavy atom. The molecule has 3 aromatic rings. The fraction of sp³-hybridized carbons (Fsp3) is 0.240. The lowest BCUT2D eigenvalue weighted by Crippen LogP contribution is -2.36. The number of amides is 2. The fourth-order valence-electron chi connectivity index (χ4n) is 3.46. The van der Waals surface area contributed by atoms with Crippen molar-refractivity contribution in [2.75, 3.05) is 18.5 Å². The number of nitrogens with zero attached hydrogens (tertiary/aromatic N) is 1. The number of carbonyl (C=O) groups excluding carboxylic acids is 1. The van der Waals surface area contributed by atoms with Gasteiger partial charge in [-0.15, -0.1) is 0 Å². The van der Waals surface area contributed by atoms with Crippen LogP contribution in [0.3, 0.4) is 0 Å². The van der Waals surface area contributed by atoms with Crippen molar-refractivity contribution in [3.8, 4) is 5.75 Å². The number of benzene rings is 3. The monoisotopic (exact) mass is 420 g/mol. The number of hydrogen-bond acceptors (Lipinski definition) is 3. The Balaban J connectivity index is 1.39. The van der Waals surface area contributed by atoms with E-state index in [0.29, 0.717) is 32.9 Å². The van der Waals surface area contributed by atoms with Crippen LogP contribution in [0.1, 0.15) is 22.3 Å². The SMILES string of the molecule is Cc1ccc(NC(=O)N2CCOc3ccc(COCc4cccc(F)c4)cc3C2)cc1. The quantitative estimate of drug-likeness (QED) is 0.611. The van der Waals surface area contributed by atoms with Crippen molar-refractivity contribution in [2.45, 2.75) is 26.7 Å². The summed E-state index contributed by atoms with van der Waals surface area (Å²) in [7, 11) is 0. The van der Waals surface area contributed by atoms with Gasteiger partial charge < -0.3 is 19.7 Å². The first-order valence-corrected chi connectivity index (χ1v) is 10.3. The highest BCUT2D eigenvalue weighted by Crippen LogP contribution is 2.25. The van der Waals surface area contributed by atoms with Gasteiger partial charge in [0.15, 0.2) is 0 Å². The van der Waals surface area contributed by atoms with E-state index in [1.54, 1.807) is 11.0 Å². The fourth-order valence-corrected chi connectivity index (χ4v) is 3.46. The zero-order valence-electron chi connectivity index (χ0n) is 17.4. The number of urea groups is 1. The lowest BCUT2D eigenvalue weighted by atomic mass is 10.1. The van der Waals surface area contributed by atoms with Crippen LogP contribution in [-0.2, 0) is 24.5 Å². The molecule has 31 heavy (non-hydrogen) atoms. The molecule has 4 rings (SSSR count). The van der Waals surface area contributed by atoms with E-state index in [4.69, 9.17) is 9.47 Å². The zero-order valence-corrected chi connectivity index (χ0v) is 17.4. The largest absolute Gasteiger partial charge is 0.491 e. The molecule has 0 aromatic heterocycles. The summed E-state index contributed by atoms with van der Waals surface area (Å²) in [5, 5.41) is 2.95. The van der Waals surface area contributed by atoms with Crippen LogP contribution in [0.5, 0.6) is 5.75 Å². The van der Waals surface area contributed by atoms with Crippen molar-refractivity contribution in [3.05, 3.63) is 94.8 Å². The van der Waals surface area contributed by atoms with Gasteiger partial charge in [-0.3, -0.25) is 0 Å². The highest BCUT2D eigenvalue weighted by atomic mass is 19.1. The number of anilines is 1. The average molecular weight is 420 g/mol. The third-order valence-corrected chi connectivity index (χ3v) is 5.12. The number of ether oxygens (including phenoxy) is 2. The molecule has 1 heterocycles. The van der Waals surface area contributed by atoms with E-state index in [1.807, 2.05) is 55.5 Å². The molecule has 0 saturated heterocycles. The molecule has 1 aliphatic heterocycles. The van der Waals surface area contributed by atoms with Crippen molar-refractivity contribution in [1.29, 1.82) is 0 Å². The van der Waals surface area contributed by atoms with E-state index in [9.17, 15) is 9.18 Å². The highest BCUT2D eigenvalue weighted by molar-refractivity contribution is 5.89. The van der Waals surface area contributed by atoms with Crippen molar-refractivity contribution < 1.29 is 18.7 Å². The predicted molar refractivity (Wildman–Crippen MR) is 117 cm³/mol. The van der Waals surface area contributed by atoms with Crippen molar-refractivity contribution in [3.63, 3.8) is 0 Å². The van der Waals surface area contributed by atoms with Crippen molar-refractivity contribution in [2.24, 2.45) is 0 Å². The second-order valence-corrected chi connectivity index (χ2v) is 7.63. The van der Waals surface area contributed by atoms with E-state index in [-0.39, 0.29) is 11.8 Å². The summed E-state index contributed by atoms with van der Waals surface area (Å²) in [5.74, 6) is 0.506. The Bertz CT molecular complexity index is 1050. The Morgan fingerprint density at radius 2 is 1.84 bits per heavy atom. The molecular formula is C25H25FN2O3. The smallest absolute Gasteiger partial charge is 0.322 e.